The van der Waals surface area contributed by atoms with Crippen LogP contribution >= 0.6 is 0 Å². The lowest BCUT2D eigenvalue weighted by Crippen LogP contribution is -2.27. The first-order valence-electron chi connectivity index (χ1n) is 4.45. The molecule has 0 saturated heterocycles. The number of imidazole rings is 1. The lowest BCUT2D eigenvalue weighted by atomic mass is 10.4. The van der Waals surface area contributed by atoms with Gasteiger partial charge in [0.2, 0.25) is 0 Å². The smallest absolute Gasteiger partial charge is 0.384 e. The monoisotopic (exact) mass is 257 g/mol. The first-order chi connectivity index (χ1) is 7.87. The topological polar surface area (TPSA) is 81.5 Å². The highest BCUT2D eigenvalue weighted by atomic mass is 32.2. The Bertz CT molecular complexity index is 577. The van der Waals surface area contributed by atoms with E-state index in [1.807, 2.05) is 0 Å². The maximum Gasteiger partial charge on any atom is 0.384 e. The van der Waals surface area contributed by atoms with Crippen LogP contribution in [-0.4, -0.2) is 48.9 Å². The molecular formula is C9H11N3O4S. The Balaban J connectivity index is 3.00. The first kappa shape index (κ1) is 13.2. The number of ether oxygens (including phenoxy) is 1. The maximum atomic E-state index is 11.6. The molecule has 0 aliphatic carbocycles. The zero-order valence-electron chi connectivity index (χ0n) is 9.54. The van der Waals surface area contributed by atoms with Crippen LogP contribution < -0.4 is 0 Å². The molecule has 8 heteroatoms. The highest BCUT2D eigenvalue weighted by Gasteiger charge is 2.15. The van der Waals surface area contributed by atoms with Gasteiger partial charge in [0, 0.05) is 20.0 Å². The van der Waals surface area contributed by atoms with Gasteiger partial charge in [-0.25, -0.2) is 13.8 Å². The number of nitrogens with zero attached hydrogens (tertiary/aromatic N) is 3. The fourth-order valence-corrected chi connectivity index (χ4v) is 1.63. The standard InChI is InChI=1S/C9H11N3O4S/c1-11(2)17(14,15)12-6-8(10-7-12)4-5-9(13)16-3/h6-7H,1-3H3. The SMILES string of the molecule is COC(=O)C#Cc1cn(S(=O)(=O)N(C)C)cn1. The number of hydrogen-bond donors (Lipinski definition) is 0. The van der Waals surface area contributed by atoms with Gasteiger partial charge in [0.25, 0.3) is 0 Å². The van der Waals surface area contributed by atoms with Crippen molar-refractivity contribution >= 4 is 16.2 Å². The maximum absolute atomic E-state index is 11.6. The van der Waals surface area contributed by atoms with Gasteiger partial charge in [0.15, 0.2) is 0 Å². The Morgan fingerprint density at radius 2 is 2.18 bits per heavy atom. The summed E-state index contributed by atoms with van der Waals surface area (Å²) in [5, 5.41) is 0. The summed E-state index contributed by atoms with van der Waals surface area (Å²) in [6, 6.07) is 0. The van der Waals surface area contributed by atoms with Crippen molar-refractivity contribution in [1.29, 1.82) is 0 Å². The van der Waals surface area contributed by atoms with E-state index < -0.39 is 16.2 Å². The first-order valence-corrected chi connectivity index (χ1v) is 5.84. The van der Waals surface area contributed by atoms with E-state index in [1.165, 1.54) is 27.4 Å². The number of carbonyl (C=O) groups excluding carboxylic acids is 1. The number of carbonyl (C=O) groups is 1. The summed E-state index contributed by atoms with van der Waals surface area (Å²) in [5.41, 5.74) is 0.167. The summed E-state index contributed by atoms with van der Waals surface area (Å²) < 4.78 is 29.6. The van der Waals surface area contributed by atoms with Crippen LogP contribution in [0.25, 0.3) is 0 Å². The summed E-state index contributed by atoms with van der Waals surface area (Å²) >= 11 is 0. The lowest BCUT2D eigenvalue weighted by Gasteiger charge is -2.10. The van der Waals surface area contributed by atoms with Gasteiger partial charge in [0.1, 0.15) is 12.0 Å². The largest absolute Gasteiger partial charge is 0.459 e. The van der Waals surface area contributed by atoms with Crippen molar-refractivity contribution in [3.05, 3.63) is 18.2 Å². The zero-order valence-corrected chi connectivity index (χ0v) is 10.4. The van der Waals surface area contributed by atoms with E-state index in [4.69, 9.17) is 0 Å². The third kappa shape index (κ3) is 3.05. The molecule has 0 amide bonds. The third-order valence-corrected chi connectivity index (χ3v) is 3.42. The van der Waals surface area contributed by atoms with Crippen molar-refractivity contribution in [1.82, 2.24) is 13.3 Å². The summed E-state index contributed by atoms with van der Waals surface area (Å²) in [4.78, 5) is 14.5. The van der Waals surface area contributed by atoms with Gasteiger partial charge in [-0.3, -0.25) is 0 Å². The molecule has 0 radical (unpaired) electrons. The average molecular weight is 257 g/mol. The molecule has 0 bridgehead atoms. The van der Waals surface area contributed by atoms with Crippen LogP contribution in [0.2, 0.25) is 0 Å². The second-order valence-corrected chi connectivity index (χ2v) is 5.17. The molecule has 0 atom stereocenters. The second kappa shape index (κ2) is 4.99. The minimum atomic E-state index is -3.60. The van der Waals surface area contributed by atoms with Crippen LogP contribution in [0.3, 0.4) is 0 Å². The molecule has 0 unspecified atom stereocenters. The summed E-state index contributed by atoms with van der Waals surface area (Å²) in [7, 11) is 0.400. The summed E-state index contributed by atoms with van der Waals surface area (Å²) in [6.07, 6.45) is 2.32. The molecule has 0 saturated carbocycles. The fraction of sp³-hybridized carbons (Fsp3) is 0.333. The van der Waals surface area contributed by atoms with Crippen molar-refractivity contribution in [2.24, 2.45) is 0 Å². The van der Waals surface area contributed by atoms with Crippen LogP contribution in [0.5, 0.6) is 0 Å². The second-order valence-electron chi connectivity index (χ2n) is 3.12. The van der Waals surface area contributed by atoms with Crippen LogP contribution in [0, 0.1) is 11.8 Å². The van der Waals surface area contributed by atoms with Gasteiger partial charge >= 0.3 is 16.2 Å². The van der Waals surface area contributed by atoms with Crippen LogP contribution in [0.15, 0.2) is 12.5 Å². The number of esters is 1. The van der Waals surface area contributed by atoms with E-state index in [2.05, 4.69) is 21.6 Å². The van der Waals surface area contributed by atoms with Crippen LogP contribution in [0.1, 0.15) is 5.69 Å². The lowest BCUT2D eigenvalue weighted by molar-refractivity contribution is -0.133. The molecule has 1 rings (SSSR count). The molecule has 92 valence electrons. The molecule has 0 N–H and O–H groups in total. The van der Waals surface area contributed by atoms with E-state index in [0.29, 0.717) is 0 Å². The highest BCUT2D eigenvalue weighted by molar-refractivity contribution is 7.87. The predicted molar refractivity (Wildman–Crippen MR) is 59.1 cm³/mol. The van der Waals surface area contributed by atoms with Gasteiger partial charge in [-0.2, -0.15) is 12.7 Å². The summed E-state index contributed by atoms with van der Waals surface area (Å²) in [6.45, 7) is 0. The summed E-state index contributed by atoms with van der Waals surface area (Å²) in [5.74, 6) is 3.82. The van der Waals surface area contributed by atoms with Gasteiger partial charge in [-0.1, -0.05) is 0 Å². The average Bonchev–Trinajstić information content (AvgIpc) is 2.74. The minimum absolute atomic E-state index is 0.167. The molecule has 0 aliphatic heterocycles. The van der Waals surface area contributed by atoms with Gasteiger partial charge in [0.05, 0.1) is 13.3 Å². The number of hydrogen-bond acceptors (Lipinski definition) is 5. The minimum Gasteiger partial charge on any atom is -0.459 e. The molecule has 17 heavy (non-hydrogen) atoms. The Labute approximate surface area is 99.2 Å². The quantitative estimate of drug-likeness (QED) is 0.504. The molecule has 7 nitrogen and oxygen atoms in total. The van der Waals surface area contributed by atoms with E-state index in [-0.39, 0.29) is 5.69 Å². The zero-order chi connectivity index (χ0) is 13.1. The predicted octanol–water partition coefficient (Wildman–Crippen LogP) is -0.938. The fourth-order valence-electron chi connectivity index (χ4n) is 0.852. The molecule has 0 aromatic carbocycles. The van der Waals surface area contributed by atoms with Crippen molar-refractivity contribution in [3.63, 3.8) is 0 Å². The van der Waals surface area contributed by atoms with Crippen molar-refractivity contribution in [2.45, 2.75) is 0 Å². The van der Waals surface area contributed by atoms with E-state index in [9.17, 15) is 13.2 Å². The Kier molecular flexibility index (Phi) is 3.88. The number of rotatable bonds is 2. The number of aromatic nitrogens is 2. The van der Waals surface area contributed by atoms with Crippen molar-refractivity contribution in [2.75, 3.05) is 21.2 Å². The van der Waals surface area contributed by atoms with Crippen LogP contribution in [0.4, 0.5) is 0 Å². The van der Waals surface area contributed by atoms with Crippen LogP contribution in [-0.2, 0) is 19.7 Å². The molecular weight excluding hydrogens is 246 g/mol. The Morgan fingerprint density at radius 1 is 1.53 bits per heavy atom. The van der Waals surface area contributed by atoms with Gasteiger partial charge in [-0.05, 0) is 5.92 Å². The molecule has 1 aromatic rings. The van der Waals surface area contributed by atoms with Crippen molar-refractivity contribution < 1.29 is 17.9 Å². The normalized spacial score (nSPS) is 10.8. The van der Waals surface area contributed by atoms with Gasteiger partial charge < -0.3 is 4.74 Å². The Morgan fingerprint density at radius 3 is 2.71 bits per heavy atom. The van der Waals surface area contributed by atoms with Gasteiger partial charge in [-0.15, -0.1) is 0 Å². The van der Waals surface area contributed by atoms with E-state index in [0.717, 1.165) is 14.6 Å². The molecule has 1 aromatic heterocycles. The third-order valence-electron chi connectivity index (χ3n) is 1.77. The molecule has 1 heterocycles. The molecule has 0 spiro atoms. The number of methoxy groups -OCH3 is 1. The van der Waals surface area contributed by atoms with E-state index in [1.54, 1.807) is 0 Å². The Hall–Kier alpha value is -1.85. The molecule has 0 aliphatic rings. The van der Waals surface area contributed by atoms with Crippen molar-refractivity contribution in [3.8, 4) is 11.8 Å². The van der Waals surface area contributed by atoms with E-state index >= 15 is 0 Å². The molecule has 0 fully saturated rings. The highest BCUT2D eigenvalue weighted by Crippen LogP contribution is 2.02.